The van der Waals surface area contributed by atoms with E-state index in [0.29, 0.717) is 29.1 Å². The van der Waals surface area contributed by atoms with Crippen molar-refractivity contribution in [3.05, 3.63) is 71.0 Å². The number of ether oxygens (including phenoxy) is 1. The van der Waals surface area contributed by atoms with Crippen molar-refractivity contribution in [2.75, 3.05) is 0 Å². The third kappa shape index (κ3) is 3.44. The quantitative estimate of drug-likeness (QED) is 0.751. The van der Waals surface area contributed by atoms with Gasteiger partial charge in [0.15, 0.2) is 5.78 Å². The lowest BCUT2D eigenvalue weighted by Crippen LogP contribution is -2.14. The second kappa shape index (κ2) is 7.03. The van der Waals surface area contributed by atoms with E-state index in [1.165, 1.54) is 4.68 Å². The molecule has 0 radical (unpaired) electrons. The maximum absolute atomic E-state index is 12.0. The molecule has 0 atom stereocenters. The SMILES string of the molecule is NC(=O)c1ccccc1-n1cc(COc2ccc3c(c2)C(=O)CCC3)nn1. The first-order valence-electron chi connectivity index (χ1n) is 8.71. The first-order chi connectivity index (χ1) is 13.1. The number of hydrogen-bond donors (Lipinski definition) is 1. The molecule has 0 aliphatic heterocycles. The molecule has 136 valence electrons. The van der Waals surface area contributed by atoms with E-state index >= 15 is 0 Å². The summed E-state index contributed by atoms with van der Waals surface area (Å²) in [6.07, 6.45) is 4.10. The van der Waals surface area contributed by atoms with Crippen molar-refractivity contribution in [1.82, 2.24) is 15.0 Å². The van der Waals surface area contributed by atoms with Gasteiger partial charge >= 0.3 is 0 Å². The molecule has 1 amide bonds. The Morgan fingerprint density at radius 1 is 1.19 bits per heavy atom. The summed E-state index contributed by atoms with van der Waals surface area (Å²) < 4.78 is 7.27. The minimum Gasteiger partial charge on any atom is -0.487 e. The van der Waals surface area contributed by atoms with Crippen LogP contribution in [0.4, 0.5) is 0 Å². The number of para-hydroxylation sites is 1. The van der Waals surface area contributed by atoms with Crippen molar-refractivity contribution in [2.24, 2.45) is 5.73 Å². The van der Waals surface area contributed by atoms with Crippen LogP contribution < -0.4 is 10.5 Å². The number of carbonyl (C=O) groups excluding carboxylic acids is 2. The lowest BCUT2D eigenvalue weighted by atomic mass is 9.90. The standard InChI is InChI=1S/C20H18N4O3/c21-20(26)16-5-1-2-6-18(16)24-11-14(22-23-24)12-27-15-9-8-13-4-3-7-19(25)17(13)10-15/h1-2,5-6,8-11H,3-4,7,12H2,(H2,21,26). The Kier molecular flexibility index (Phi) is 4.42. The van der Waals surface area contributed by atoms with Gasteiger partial charge in [-0.1, -0.05) is 23.4 Å². The van der Waals surface area contributed by atoms with Gasteiger partial charge in [0.2, 0.25) is 0 Å². The minimum absolute atomic E-state index is 0.163. The van der Waals surface area contributed by atoms with Gasteiger partial charge in [-0.3, -0.25) is 9.59 Å². The molecular weight excluding hydrogens is 344 g/mol. The summed E-state index contributed by atoms with van der Waals surface area (Å²) in [6, 6.07) is 12.5. The second-order valence-electron chi connectivity index (χ2n) is 6.42. The van der Waals surface area contributed by atoms with Gasteiger partial charge in [-0.25, -0.2) is 4.68 Å². The third-order valence-electron chi connectivity index (χ3n) is 4.58. The highest BCUT2D eigenvalue weighted by Gasteiger charge is 2.18. The largest absolute Gasteiger partial charge is 0.487 e. The number of rotatable bonds is 5. The van der Waals surface area contributed by atoms with Crippen molar-refractivity contribution >= 4 is 11.7 Å². The topological polar surface area (TPSA) is 100 Å². The summed E-state index contributed by atoms with van der Waals surface area (Å²) in [6.45, 7) is 0.200. The van der Waals surface area contributed by atoms with E-state index in [0.717, 1.165) is 24.0 Å². The molecule has 0 unspecified atom stereocenters. The Balaban J connectivity index is 1.50. The van der Waals surface area contributed by atoms with Crippen molar-refractivity contribution < 1.29 is 14.3 Å². The molecule has 0 saturated carbocycles. The van der Waals surface area contributed by atoms with Crippen molar-refractivity contribution in [3.8, 4) is 11.4 Å². The number of nitrogens with two attached hydrogens (primary N) is 1. The van der Waals surface area contributed by atoms with Gasteiger partial charge in [-0.15, -0.1) is 5.10 Å². The van der Waals surface area contributed by atoms with Crippen molar-refractivity contribution in [2.45, 2.75) is 25.9 Å². The lowest BCUT2D eigenvalue weighted by molar-refractivity contribution is 0.0969. The van der Waals surface area contributed by atoms with Gasteiger partial charge < -0.3 is 10.5 Å². The molecule has 0 fully saturated rings. The Bertz CT molecular complexity index is 1030. The molecule has 1 aliphatic rings. The fourth-order valence-corrected chi connectivity index (χ4v) is 3.22. The van der Waals surface area contributed by atoms with Crippen LogP contribution in [-0.2, 0) is 13.0 Å². The fourth-order valence-electron chi connectivity index (χ4n) is 3.22. The number of carbonyl (C=O) groups is 2. The van der Waals surface area contributed by atoms with E-state index in [9.17, 15) is 9.59 Å². The Morgan fingerprint density at radius 2 is 2.04 bits per heavy atom. The normalized spacial score (nSPS) is 13.3. The number of amides is 1. The van der Waals surface area contributed by atoms with Crippen molar-refractivity contribution in [3.63, 3.8) is 0 Å². The van der Waals surface area contributed by atoms with Gasteiger partial charge in [-0.05, 0) is 42.7 Å². The number of fused-ring (bicyclic) bond motifs is 1. The molecule has 4 rings (SSSR count). The number of benzene rings is 2. The zero-order valence-electron chi connectivity index (χ0n) is 14.6. The molecule has 1 heterocycles. The van der Waals surface area contributed by atoms with Crippen LogP contribution in [0.25, 0.3) is 5.69 Å². The third-order valence-corrected chi connectivity index (χ3v) is 4.58. The van der Waals surface area contributed by atoms with Gasteiger partial charge in [0.1, 0.15) is 18.1 Å². The highest BCUT2D eigenvalue weighted by Crippen LogP contribution is 2.26. The number of primary amides is 1. The maximum Gasteiger partial charge on any atom is 0.250 e. The number of Topliss-reactive ketones (excluding diaryl/α,β-unsaturated/α-hetero) is 1. The number of ketones is 1. The van der Waals surface area contributed by atoms with Gasteiger partial charge in [0.05, 0.1) is 17.4 Å². The summed E-state index contributed by atoms with van der Waals surface area (Å²) in [7, 11) is 0. The number of hydrogen-bond acceptors (Lipinski definition) is 5. The molecular formula is C20H18N4O3. The molecule has 27 heavy (non-hydrogen) atoms. The van der Waals surface area contributed by atoms with E-state index in [1.54, 1.807) is 36.5 Å². The van der Waals surface area contributed by atoms with E-state index in [1.807, 2.05) is 12.1 Å². The lowest BCUT2D eigenvalue weighted by Gasteiger charge is -2.15. The molecule has 0 spiro atoms. The predicted octanol–water partition coefficient (Wildman–Crippen LogP) is 2.46. The maximum atomic E-state index is 12.0. The van der Waals surface area contributed by atoms with E-state index in [-0.39, 0.29) is 12.4 Å². The smallest absolute Gasteiger partial charge is 0.250 e. The van der Waals surface area contributed by atoms with Crippen LogP contribution >= 0.6 is 0 Å². The molecule has 0 saturated heterocycles. The monoisotopic (exact) mass is 362 g/mol. The van der Waals surface area contributed by atoms with Crippen LogP contribution in [0.2, 0.25) is 0 Å². The van der Waals surface area contributed by atoms with Gasteiger partial charge in [-0.2, -0.15) is 0 Å². The molecule has 2 N–H and O–H groups in total. The van der Waals surface area contributed by atoms with E-state index in [2.05, 4.69) is 10.3 Å². The van der Waals surface area contributed by atoms with E-state index < -0.39 is 5.91 Å². The summed E-state index contributed by atoms with van der Waals surface area (Å²) in [5.41, 5.74) is 8.75. The van der Waals surface area contributed by atoms with Crippen LogP contribution in [0.15, 0.2) is 48.7 Å². The molecule has 7 heteroatoms. The van der Waals surface area contributed by atoms with Crippen LogP contribution in [0, 0.1) is 0 Å². The average Bonchev–Trinajstić information content (AvgIpc) is 3.16. The van der Waals surface area contributed by atoms with Crippen LogP contribution in [0.3, 0.4) is 0 Å². The number of aryl methyl sites for hydroxylation is 1. The minimum atomic E-state index is -0.530. The molecule has 1 aromatic heterocycles. The van der Waals surface area contributed by atoms with Crippen LogP contribution in [-0.4, -0.2) is 26.7 Å². The Hall–Kier alpha value is -3.48. The summed E-state index contributed by atoms with van der Waals surface area (Å²) >= 11 is 0. The molecule has 7 nitrogen and oxygen atoms in total. The highest BCUT2D eigenvalue weighted by atomic mass is 16.5. The highest BCUT2D eigenvalue weighted by molar-refractivity contribution is 5.98. The Labute approximate surface area is 155 Å². The molecule has 2 aromatic carbocycles. The molecule has 3 aromatic rings. The summed E-state index contributed by atoms with van der Waals surface area (Å²) in [5, 5.41) is 8.13. The van der Waals surface area contributed by atoms with Crippen LogP contribution in [0.5, 0.6) is 5.75 Å². The second-order valence-corrected chi connectivity index (χ2v) is 6.42. The zero-order valence-corrected chi connectivity index (χ0v) is 14.6. The Morgan fingerprint density at radius 3 is 2.89 bits per heavy atom. The predicted molar refractivity (Wildman–Crippen MR) is 97.9 cm³/mol. The van der Waals surface area contributed by atoms with Crippen LogP contribution in [0.1, 0.15) is 44.8 Å². The number of nitrogens with zero attached hydrogens (tertiary/aromatic N) is 3. The first-order valence-corrected chi connectivity index (χ1v) is 8.71. The zero-order chi connectivity index (χ0) is 18.8. The average molecular weight is 362 g/mol. The van der Waals surface area contributed by atoms with Gasteiger partial charge in [0, 0.05) is 12.0 Å². The summed E-state index contributed by atoms with van der Waals surface area (Å²) in [5.74, 6) is 0.254. The molecule has 1 aliphatic carbocycles. The van der Waals surface area contributed by atoms with E-state index in [4.69, 9.17) is 10.5 Å². The van der Waals surface area contributed by atoms with Gasteiger partial charge in [0.25, 0.3) is 5.91 Å². The fraction of sp³-hybridized carbons (Fsp3) is 0.200. The number of aromatic nitrogens is 3. The first kappa shape index (κ1) is 17.0. The summed E-state index contributed by atoms with van der Waals surface area (Å²) in [4.78, 5) is 23.6. The van der Waals surface area contributed by atoms with Crippen molar-refractivity contribution in [1.29, 1.82) is 0 Å². The molecule has 0 bridgehead atoms.